The van der Waals surface area contributed by atoms with Gasteiger partial charge in [0.25, 0.3) is 0 Å². The fraction of sp³-hybridized carbons (Fsp3) is 0.750. The average molecular weight is 292 g/mol. The van der Waals surface area contributed by atoms with Crippen molar-refractivity contribution in [1.82, 2.24) is 0 Å². The number of hydrogen-bond donors (Lipinski definition) is 2. The third kappa shape index (κ3) is 6.34. The summed E-state index contributed by atoms with van der Waals surface area (Å²) in [5, 5.41) is 0. The summed E-state index contributed by atoms with van der Waals surface area (Å²) < 4.78 is 20.3. The third-order valence-electron chi connectivity index (χ3n) is 3.50. The van der Waals surface area contributed by atoms with E-state index in [9.17, 15) is 9.36 Å². The van der Waals surface area contributed by atoms with Crippen molar-refractivity contribution >= 4 is 13.8 Å². The van der Waals surface area contributed by atoms with Gasteiger partial charge in [0, 0.05) is 6.08 Å². The van der Waals surface area contributed by atoms with Crippen LogP contribution >= 0.6 is 7.82 Å². The normalized spacial score (nSPS) is 25.6. The van der Waals surface area contributed by atoms with E-state index in [1.807, 2.05) is 6.92 Å². The largest absolute Gasteiger partial charge is 0.469 e. The smallest absolute Gasteiger partial charge is 0.459 e. The Labute approximate surface area is 113 Å². The predicted molar refractivity (Wildman–Crippen MR) is 69.2 cm³/mol. The summed E-state index contributed by atoms with van der Waals surface area (Å²) in [6.07, 6.45) is 4.35. The number of hydrogen-bond acceptors (Lipinski definition) is 4. The molecule has 1 aliphatic rings. The molecule has 0 amide bonds. The number of phosphoric ester groups is 1. The van der Waals surface area contributed by atoms with E-state index in [0.29, 0.717) is 0 Å². The van der Waals surface area contributed by atoms with Crippen molar-refractivity contribution in [2.45, 2.75) is 38.7 Å². The molecular formula is C12H21O6P. The van der Waals surface area contributed by atoms with E-state index in [1.165, 1.54) is 0 Å². The Kier molecular flexibility index (Phi) is 6.20. The maximum absolute atomic E-state index is 11.1. The summed E-state index contributed by atoms with van der Waals surface area (Å²) in [6.45, 7) is 5.29. The number of esters is 1. The van der Waals surface area contributed by atoms with Crippen molar-refractivity contribution < 1.29 is 28.4 Å². The second-order valence-corrected chi connectivity index (χ2v) is 6.15. The van der Waals surface area contributed by atoms with Crippen molar-refractivity contribution in [1.29, 1.82) is 0 Å². The van der Waals surface area contributed by atoms with E-state index in [0.717, 1.165) is 31.8 Å². The minimum absolute atomic E-state index is 0.0812. The van der Waals surface area contributed by atoms with E-state index in [4.69, 9.17) is 14.5 Å². The second kappa shape index (κ2) is 7.20. The summed E-state index contributed by atoms with van der Waals surface area (Å²) in [5.74, 6) is 0.0286. The Morgan fingerprint density at radius 2 is 2.00 bits per heavy atom. The molecule has 1 unspecified atom stereocenters. The van der Waals surface area contributed by atoms with E-state index in [2.05, 4.69) is 11.1 Å². The van der Waals surface area contributed by atoms with Crippen LogP contribution in [0, 0.1) is 11.8 Å². The summed E-state index contributed by atoms with van der Waals surface area (Å²) >= 11 is 0. The molecule has 0 bridgehead atoms. The van der Waals surface area contributed by atoms with Crippen molar-refractivity contribution in [2.24, 2.45) is 11.8 Å². The Balaban J connectivity index is 2.30. The van der Waals surface area contributed by atoms with Gasteiger partial charge in [-0.3, -0.25) is 4.52 Å². The van der Waals surface area contributed by atoms with Crippen LogP contribution in [0.4, 0.5) is 0 Å². The van der Waals surface area contributed by atoms with Crippen LogP contribution < -0.4 is 0 Å². The molecule has 1 saturated carbocycles. The van der Waals surface area contributed by atoms with E-state index < -0.39 is 13.8 Å². The molecule has 6 nitrogen and oxygen atoms in total. The molecular weight excluding hydrogens is 271 g/mol. The predicted octanol–water partition coefficient (Wildman–Crippen LogP) is 2.02. The highest BCUT2D eigenvalue weighted by Gasteiger charge is 2.28. The minimum atomic E-state index is -4.37. The number of ether oxygens (including phenoxy) is 1. The van der Waals surface area contributed by atoms with Gasteiger partial charge in [-0.1, -0.05) is 6.58 Å². The molecule has 2 N–H and O–H groups in total. The lowest BCUT2D eigenvalue weighted by molar-refractivity contribution is -0.145. The van der Waals surface area contributed by atoms with E-state index in [1.54, 1.807) is 0 Å². The molecule has 19 heavy (non-hydrogen) atoms. The Morgan fingerprint density at radius 3 is 2.47 bits per heavy atom. The Bertz CT molecular complexity index is 355. The monoisotopic (exact) mass is 292 g/mol. The van der Waals surface area contributed by atoms with Crippen LogP contribution in [0.15, 0.2) is 12.7 Å². The average Bonchev–Trinajstić information content (AvgIpc) is 2.36. The Morgan fingerprint density at radius 1 is 1.42 bits per heavy atom. The lowest BCUT2D eigenvalue weighted by Gasteiger charge is -2.31. The van der Waals surface area contributed by atoms with Gasteiger partial charge in [-0.2, -0.15) is 0 Å². The van der Waals surface area contributed by atoms with Crippen LogP contribution in [0.5, 0.6) is 0 Å². The molecule has 0 saturated heterocycles. The highest BCUT2D eigenvalue weighted by atomic mass is 31.2. The summed E-state index contributed by atoms with van der Waals surface area (Å²) in [4.78, 5) is 28.4. The molecule has 0 spiro atoms. The fourth-order valence-electron chi connectivity index (χ4n) is 2.35. The highest BCUT2D eigenvalue weighted by Crippen LogP contribution is 2.39. The Hall–Kier alpha value is -0.680. The molecule has 1 fully saturated rings. The van der Waals surface area contributed by atoms with Gasteiger partial charge in [0.05, 0.1) is 6.61 Å². The van der Waals surface area contributed by atoms with Crippen molar-refractivity contribution in [2.75, 3.05) is 6.61 Å². The molecule has 0 heterocycles. The number of carbonyl (C=O) groups is 1. The van der Waals surface area contributed by atoms with Gasteiger partial charge >= 0.3 is 13.8 Å². The minimum Gasteiger partial charge on any atom is -0.459 e. The van der Waals surface area contributed by atoms with E-state index >= 15 is 0 Å². The quantitative estimate of drug-likeness (QED) is 0.442. The van der Waals surface area contributed by atoms with Crippen molar-refractivity contribution in [3.8, 4) is 0 Å². The fourth-order valence-corrected chi connectivity index (χ4v) is 2.76. The van der Waals surface area contributed by atoms with Gasteiger partial charge in [-0.05, 0) is 44.4 Å². The van der Waals surface area contributed by atoms with Gasteiger partial charge in [0.2, 0.25) is 0 Å². The van der Waals surface area contributed by atoms with Gasteiger partial charge in [-0.25, -0.2) is 9.36 Å². The standard InChI is InChI=1S/C12H21O6P/c1-3-12(13)18-9(2)11-6-4-10(5-7-11)8-17-19(14,15)16/h3,9-11H,1,4-8H2,2H3,(H2,14,15,16). The highest BCUT2D eigenvalue weighted by molar-refractivity contribution is 7.46. The molecule has 1 atom stereocenters. The molecule has 0 aromatic rings. The van der Waals surface area contributed by atoms with Gasteiger partial charge in [-0.15, -0.1) is 0 Å². The number of phosphoric acid groups is 1. The lowest BCUT2D eigenvalue weighted by Crippen LogP contribution is -2.28. The first-order valence-corrected chi connectivity index (χ1v) is 7.88. The molecule has 7 heteroatoms. The molecule has 0 aromatic carbocycles. The topological polar surface area (TPSA) is 93.1 Å². The summed E-state index contributed by atoms with van der Waals surface area (Å²) in [7, 11) is -4.37. The SMILES string of the molecule is C=CC(=O)OC(C)C1CCC(COP(=O)(O)O)CC1. The molecule has 1 rings (SSSR count). The van der Waals surface area contributed by atoms with Crippen molar-refractivity contribution in [3.63, 3.8) is 0 Å². The van der Waals surface area contributed by atoms with Crippen molar-refractivity contribution in [3.05, 3.63) is 12.7 Å². The van der Waals surface area contributed by atoms with Crippen LogP contribution in [0.2, 0.25) is 0 Å². The number of rotatable bonds is 6. The first-order valence-electron chi connectivity index (χ1n) is 6.35. The maximum atomic E-state index is 11.1. The zero-order chi connectivity index (χ0) is 14.5. The molecule has 0 aromatic heterocycles. The molecule has 1 aliphatic carbocycles. The zero-order valence-electron chi connectivity index (χ0n) is 11.0. The molecule has 0 aliphatic heterocycles. The third-order valence-corrected chi connectivity index (χ3v) is 3.99. The van der Waals surface area contributed by atoms with Gasteiger partial charge < -0.3 is 14.5 Å². The second-order valence-electron chi connectivity index (χ2n) is 4.91. The zero-order valence-corrected chi connectivity index (χ0v) is 11.9. The van der Waals surface area contributed by atoms with Crippen LogP contribution in [0.3, 0.4) is 0 Å². The first-order chi connectivity index (χ1) is 8.81. The van der Waals surface area contributed by atoms with Crippen LogP contribution in [0.1, 0.15) is 32.6 Å². The first kappa shape index (κ1) is 16.4. The molecule has 110 valence electrons. The van der Waals surface area contributed by atoms with Gasteiger partial charge in [0.1, 0.15) is 6.10 Å². The summed E-state index contributed by atoms with van der Waals surface area (Å²) in [5.41, 5.74) is 0. The van der Waals surface area contributed by atoms with Crippen LogP contribution in [0.25, 0.3) is 0 Å². The maximum Gasteiger partial charge on any atom is 0.469 e. The summed E-state index contributed by atoms with van der Waals surface area (Å²) in [6, 6.07) is 0. The van der Waals surface area contributed by atoms with Gasteiger partial charge in [0.15, 0.2) is 0 Å². The molecule has 0 radical (unpaired) electrons. The lowest BCUT2D eigenvalue weighted by atomic mass is 9.80. The van der Waals surface area contributed by atoms with E-state index in [-0.39, 0.29) is 24.5 Å². The van der Waals surface area contributed by atoms with Crippen LogP contribution in [-0.4, -0.2) is 28.5 Å². The number of carbonyl (C=O) groups excluding carboxylic acids is 1. The van der Waals surface area contributed by atoms with Crippen LogP contribution in [-0.2, 0) is 18.6 Å².